The van der Waals surface area contributed by atoms with E-state index in [0.29, 0.717) is 12.0 Å². The lowest BCUT2D eigenvalue weighted by atomic mass is 10.0. The van der Waals surface area contributed by atoms with Gasteiger partial charge in [-0.05, 0) is 33.7 Å². The molecule has 2 nitrogen and oxygen atoms in total. The van der Waals surface area contributed by atoms with Gasteiger partial charge in [0.1, 0.15) is 0 Å². The van der Waals surface area contributed by atoms with Crippen LogP contribution in [0.25, 0.3) is 0 Å². The first-order chi connectivity index (χ1) is 5.37. The number of nitrogens with one attached hydrogen (secondary N) is 2. The molecule has 0 aliphatic rings. The third-order valence-corrected chi connectivity index (χ3v) is 2.03. The second-order valence-electron chi connectivity index (χ2n) is 4.77. The zero-order chi connectivity index (χ0) is 9.78. The summed E-state index contributed by atoms with van der Waals surface area (Å²) in [5, 5.41) is 6.80. The molecule has 0 aromatic rings. The molecule has 0 bridgehead atoms. The largest absolute Gasteiger partial charge is 0.315 e. The lowest BCUT2D eigenvalue weighted by molar-refractivity contribution is 0.343. The van der Waals surface area contributed by atoms with Crippen LogP contribution in [-0.4, -0.2) is 25.2 Å². The minimum atomic E-state index is 0.226. The Labute approximate surface area is 77.1 Å². The van der Waals surface area contributed by atoms with Gasteiger partial charge in [-0.1, -0.05) is 13.8 Å². The summed E-state index contributed by atoms with van der Waals surface area (Å²) in [6, 6.07) is 0.573. The van der Waals surface area contributed by atoms with Gasteiger partial charge in [0.05, 0.1) is 0 Å². The highest BCUT2D eigenvalue weighted by molar-refractivity contribution is 4.77. The van der Waals surface area contributed by atoms with Crippen molar-refractivity contribution < 1.29 is 0 Å². The van der Waals surface area contributed by atoms with Crippen LogP contribution in [0.4, 0.5) is 0 Å². The van der Waals surface area contributed by atoms with Crippen molar-refractivity contribution >= 4 is 0 Å². The molecule has 0 spiro atoms. The predicted octanol–water partition coefficient (Wildman–Crippen LogP) is 1.62. The molecule has 0 fully saturated rings. The topological polar surface area (TPSA) is 24.1 Å². The summed E-state index contributed by atoms with van der Waals surface area (Å²) in [6.07, 6.45) is 0. The van der Waals surface area contributed by atoms with Crippen molar-refractivity contribution in [1.29, 1.82) is 0 Å². The molecule has 0 saturated carbocycles. The second kappa shape index (κ2) is 4.83. The van der Waals surface area contributed by atoms with E-state index in [1.807, 2.05) is 7.05 Å². The normalized spacial score (nSPS) is 15.2. The summed E-state index contributed by atoms with van der Waals surface area (Å²) in [7, 11) is 2.02. The van der Waals surface area contributed by atoms with Crippen molar-refractivity contribution in [2.24, 2.45) is 5.92 Å². The summed E-state index contributed by atoms with van der Waals surface area (Å²) >= 11 is 0. The number of rotatable bonds is 4. The Morgan fingerprint density at radius 3 is 1.92 bits per heavy atom. The molecular weight excluding hydrogens is 148 g/mol. The van der Waals surface area contributed by atoms with Crippen LogP contribution in [0.2, 0.25) is 0 Å². The lowest BCUT2D eigenvalue weighted by Gasteiger charge is -2.27. The summed E-state index contributed by atoms with van der Waals surface area (Å²) in [5.41, 5.74) is 0.226. The molecule has 1 unspecified atom stereocenters. The summed E-state index contributed by atoms with van der Waals surface area (Å²) in [6.45, 7) is 12.1. The van der Waals surface area contributed by atoms with Gasteiger partial charge >= 0.3 is 0 Å². The molecule has 2 N–H and O–H groups in total. The molecule has 0 heterocycles. The van der Waals surface area contributed by atoms with Crippen LogP contribution >= 0.6 is 0 Å². The zero-order valence-corrected chi connectivity index (χ0v) is 9.36. The van der Waals surface area contributed by atoms with Crippen LogP contribution < -0.4 is 10.6 Å². The predicted molar refractivity (Wildman–Crippen MR) is 55.4 cm³/mol. The van der Waals surface area contributed by atoms with Crippen molar-refractivity contribution in [2.75, 3.05) is 13.6 Å². The van der Waals surface area contributed by atoms with Crippen molar-refractivity contribution in [3.05, 3.63) is 0 Å². The standard InChI is InChI=1S/C10H24N2/c1-8(2)9(11-6)7-12-10(3,4)5/h8-9,11-12H,7H2,1-6H3. The second-order valence-corrected chi connectivity index (χ2v) is 4.77. The highest BCUT2D eigenvalue weighted by atomic mass is 15.0. The van der Waals surface area contributed by atoms with Crippen LogP contribution in [0.5, 0.6) is 0 Å². The van der Waals surface area contributed by atoms with E-state index in [-0.39, 0.29) is 5.54 Å². The molecule has 74 valence electrons. The Morgan fingerprint density at radius 2 is 1.67 bits per heavy atom. The number of hydrogen-bond acceptors (Lipinski definition) is 2. The molecular formula is C10H24N2. The molecule has 1 atom stereocenters. The minimum absolute atomic E-state index is 0.226. The summed E-state index contributed by atoms with van der Waals surface area (Å²) < 4.78 is 0. The van der Waals surface area contributed by atoms with Gasteiger partial charge in [0.2, 0.25) is 0 Å². The third kappa shape index (κ3) is 5.56. The molecule has 0 amide bonds. The highest BCUT2D eigenvalue weighted by Gasteiger charge is 2.14. The van der Waals surface area contributed by atoms with E-state index in [9.17, 15) is 0 Å². The summed E-state index contributed by atoms with van der Waals surface area (Å²) in [5.74, 6) is 0.685. The van der Waals surface area contributed by atoms with E-state index < -0.39 is 0 Å². The van der Waals surface area contributed by atoms with E-state index in [4.69, 9.17) is 0 Å². The number of hydrogen-bond donors (Lipinski definition) is 2. The molecule has 0 rings (SSSR count). The maximum absolute atomic E-state index is 3.49. The maximum atomic E-state index is 3.49. The smallest absolute Gasteiger partial charge is 0.0212 e. The Hall–Kier alpha value is -0.0800. The molecule has 0 aliphatic carbocycles. The Morgan fingerprint density at radius 1 is 1.17 bits per heavy atom. The first-order valence-corrected chi connectivity index (χ1v) is 4.79. The lowest BCUT2D eigenvalue weighted by Crippen LogP contribution is -2.46. The van der Waals surface area contributed by atoms with Gasteiger partial charge in [-0.2, -0.15) is 0 Å². The van der Waals surface area contributed by atoms with Gasteiger partial charge in [-0.3, -0.25) is 0 Å². The number of likely N-dealkylation sites (N-methyl/N-ethyl adjacent to an activating group) is 1. The highest BCUT2D eigenvalue weighted by Crippen LogP contribution is 2.03. The SMILES string of the molecule is CNC(CNC(C)(C)C)C(C)C. The quantitative estimate of drug-likeness (QED) is 0.673. The first kappa shape index (κ1) is 11.9. The van der Waals surface area contributed by atoms with Gasteiger partial charge in [0, 0.05) is 18.1 Å². The van der Waals surface area contributed by atoms with E-state index in [1.54, 1.807) is 0 Å². The van der Waals surface area contributed by atoms with E-state index in [0.717, 1.165) is 6.54 Å². The van der Waals surface area contributed by atoms with E-state index >= 15 is 0 Å². The zero-order valence-electron chi connectivity index (χ0n) is 9.36. The van der Waals surface area contributed by atoms with Crippen LogP contribution in [-0.2, 0) is 0 Å². The van der Waals surface area contributed by atoms with Crippen LogP contribution in [0.15, 0.2) is 0 Å². The Kier molecular flexibility index (Phi) is 4.80. The fraction of sp³-hybridized carbons (Fsp3) is 1.00. The maximum Gasteiger partial charge on any atom is 0.0212 e. The first-order valence-electron chi connectivity index (χ1n) is 4.79. The third-order valence-electron chi connectivity index (χ3n) is 2.03. The molecule has 0 saturated heterocycles. The Balaban J connectivity index is 3.73. The average molecular weight is 172 g/mol. The molecule has 0 aromatic heterocycles. The minimum Gasteiger partial charge on any atom is -0.315 e. The monoisotopic (exact) mass is 172 g/mol. The molecule has 2 heteroatoms. The van der Waals surface area contributed by atoms with Crippen molar-refractivity contribution in [1.82, 2.24) is 10.6 Å². The fourth-order valence-corrected chi connectivity index (χ4v) is 1.09. The molecule has 0 radical (unpaired) electrons. The molecule has 12 heavy (non-hydrogen) atoms. The van der Waals surface area contributed by atoms with E-state index in [2.05, 4.69) is 45.3 Å². The van der Waals surface area contributed by atoms with Crippen molar-refractivity contribution in [2.45, 2.75) is 46.2 Å². The van der Waals surface area contributed by atoms with Gasteiger partial charge in [-0.25, -0.2) is 0 Å². The van der Waals surface area contributed by atoms with Gasteiger partial charge < -0.3 is 10.6 Å². The van der Waals surface area contributed by atoms with Crippen molar-refractivity contribution in [3.8, 4) is 0 Å². The van der Waals surface area contributed by atoms with Crippen LogP contribution in [0.1, 0.15) is 34.6 Å². The summed E-state index contributed by atoms with van der Waals surface area (Å²) in [4.78, 5) is 0. The van der Waals surface area contributed by atoms with Gasteiger partial charge in [0.15, 0.2) is 0 Å². The fourth-order valence-electron chi connectivity index (χ4n) is 1.09. The molecule has 0 aromatic carbocycles. The van der Waals surface area contributed by atoms with E-state index in [1.165, 1.54) is 0 Å². The van der Waals surface area contributed by atoms with Gasteiger partial charge in [0.25, 0.3) is 0 Å². The van der Waals surface area contributed by atoms with Crippen LogP contribution in [0.3, 0.4) is 0 Å². The van der Waals surface area contributed by atoms with Gasteiger partial charge in [-0.15, -0.1) is 0 Å². The molecule has 0 aliphatic heterocycles. The average Bonchev–Trinajstić information content (AvgIpc) is 1.85. The van der Waals surface area contributed by atoms with Crippen molar-refractivity contribution in [3.63, 3.8) is 0 Å². The Bertz CT molecular complexity index is 113. The van der Waals surface area contributed by atoms with Crippen LogP contribution in [0, 0.1) is 5.92 Å².